The van der Waals surface area contributed by atoms with E-state index in [2.05, 4.69) is 31.1 Å². The fourth-order valence-corrected chi connectivity index (χ4v) is 1.49. The van der Waals surface area contributed by atoms with Crippen molar-refractivity contribution >= 4 is 0 Å². The highest BCUT2D eigenvalue weighted by Crippen LogP contribution is 2.20. The summed E-state index contributed by atoms with van der Waals surface area (Å²) in [5.74, 6) is 6.18. The van der Waals surface area contributed by atoms with Gasteiger partial charge in [0.25, 0.3) is 0 Å². The lowest BCUT2D eigenvalue weighted by molar-refractivity contribution is 0.676. The fraction of sp³-hybridized carbons (Fsp3) is 0.800. The summed E-state index contributed by atoms with van der Waals surface area (Å²) in [6, 6.07) is 0. The molecular formula is C10H20N4. The van der Waals surface area contributed by atoms with Crippen LogP contribution in [0.5, 0.6) is 0 Å². The Morgan fingerprint density at radius 1 is 1.43 bits per heavy atom. The quantitative estimate of drug-likeness (QED) is 0.731. The molecular weight excluding hydrogens is 176 g/mol. The first-order valence-electron chi connectivity index (χ1n) is 5.40. The zero-order chi connectivity index (χ0) is 10.6. The lowest BCUT2D eigenvalue weighted by atomic mass is 10.0. The van der Waals surface area contributed by atoms with Crippen LogP contribution in [-0.2, 0) is 6.42 Å². The molecule has 0 fully saturated rings. The average Bonchev–Trinajstić information content (AvgIpc) is 2.56. The molecule has 0 saturated carbocycles. The number of rotatable bonds is 5. The molecule has 4 heteroatoms. The van der Waals surface area contributed by atoms with E-state index < -0.39 is 0 Å². The van der Waals surface area contributed by atoms with Crippen LogP contribution in [0.3, 0.4) is 0 Å². The van der Waals surface area contributed by atoms with Crippen LogP contribution in [-0.4, -0.2) is 15.1 Å². The van der Waals surface area contributed by atoms with Crippen LogP contribution in [0.25, 0.3) is 0 Å². The van der Waals surface area contributed by atoms with Crippen LogP contribution in [0.4, 0.5) is 0 Å². The van der Waals surface area contributed by atoms with Crippen LogP contribution >= 0.6 is 0 Å². The minimum Gasteiger partial charge on any atom is -0.322 e. The van der Waals surface area contributed by atoms with Crippen LogP contribution in [0.1, 0.15) is 57.3 Å². The maximum atomic E-state index is 5.72. The Balaban J connectivity index is 2.82. The molecule has 1 atom stereocenters. The third kappa shape index (κ3) is 2.25. The zero-order valence-corrected chi connectivity index (χ0v) is 9.32. The first-order chi connectivity index (χ1) is 6.70. The summed E-state index contributed by atoms with van der Waals surface area (Å²) in [6.07, 6.45) is 4.39. The number of nitrogens with two attached hydrogens (primary N) is 1. The van der Waals surface area contributed by atoms with E-state index in [0.29, 0.717) is 5.92 Å². The highest BCUT2D eigenvalue weighted by Gasteiger charge is 2.15. The number of hydrogen-bond acceptors (Lipinski definition) is 3. The fourth-order valence-electron chi connectivity index (χ4n) is 1.49. The van der Waals surface area contributed by atoms with Crippen molar-refractivity contribution in [1.82, 2.24) is 15.1 Å². The Labute approximate surface area is 85.5 Å². The molecule has 0 aromatic carbocycles. The van der Waals surface area contributed by atoms with E-state index in [0.717, 1.165) is 30.7 Å². The van der Waals surface area contributed by atoms with Gasteiger partial charge in [-0.15, -0.1) is 5.10 Å². The van der Waals surface area contributed by atoms with E-state index >= 15 is 0 Å². The smallest absolute Gasteiger partial charge is 0.0909 e. The third-order valence-electron chi connectivity index (χ3n) is 2.67. The molecule has 1 heterocycles. The summed E-state index contributed by atoms with van der Waals surface area (Å²) < 4.78 is 0. The predicted molar refractivity (Wildman–Crippen MR) is 57.5 cm³/mol. The van der Waals surface area contributed by atoms with Gasteiger partial charge in [-0.3, -0.25) is 0 Å². The van der Waals surface area contributed by atoms with Gasteiger partial charge in [0.15, 0.2) is 0 Å². The van der Waals surface area contributed by atoms with Crippen molar-refractivity contribution in [3.05, 3.63) is 11.4 Å². The molecule has 2 N–H and O–H groups in total. The van der Waals surface area contributed by atoms with E-state index in [1.165, 1.54) is 11.2 Å². The van der Waals surface area contributed by atoms with E-state index in [1.807, 2.05) is 0 Å². The summed E-state index contributed by atoms with van der Waals surface area (Å²) in [5, 5.41) is 8.01. The van der Waals surface area contributed by atoms with Gasteiger partial charge in [0.1, 0.15) is 0 Å². The van der Waals surface area contributed by atoms with Crippen molar-refractivity contribution in [2.24, 2.45) is 0 Å². The van der Waals surface area contributed by atoms with Crippen molar-refractivity contribution in [3.8, 4) is 0 Å². The lowest BCUT2D eigenvalue weighted by Crippen LogP contribution is -2.15. The van der Waals surface area contributed by atoms with Crippen molar-refractivity contribution in [2.45, 2.75) is 52.4 Å². The van der Waals surface area contributed by atoms with Crippen LogP contribution in [0.15, 0.2) is 0 Å². The van der Waals surface area contributed by atoms with Gasteiger partial charge in [0, 0.05) is 5.92 Å². The van der Waals surface area contributed by atoms with E-state index in [1.54, 1.807) is 0 Å². The lowest BCUT2D eigenvalue weighted by Gasteiger charge is -2.07. The van der Waals surface area contributed by atoms with Gasteiger partial charge < -0.3 is 5.84 Å². The number of nitrogen functional groups attached to an aromatic ring is 1. The first-order valence-corrected chi connectivity index (χ1v) is 5.40. The molecule has 14 heavy (non-hydrogen) atoms. The standard InChI is InChI=1S/C10H20N4/c1-4-6-7-9-10(8(3)5-2)12-13-14(9)11/h8H,4-7,11H2,1-3H3. The number of hydrogen-bond donors (Lipinski definition) is 1. The van der Waals surface area contributed by atoms with Gasteiger partial charge in [-0.05, 0) is 24.5 Å². The van der Waals surface area contributed by atoms with Gasteiger partial charge in [0.05, 0.1) is 11.4 Å². The Kier molecular flexibility index (Phi) is 3.92. The van der Waals surface area contributed by atoms with Gasteiger partial charge >= 0.3 is 0 Å². The van der Waals surface area contributed by atoms with Crippen molar-refractivity contribution in [2.75, 3.05) is 5.84 Å². The Hall–Kier alpha value is -1.06. The highest BCUT2D eigenvalue weighted by molar-refractivity contribution is 5.14. The molecule has 0 amide bonds. The molecule has 1 aromatic rings. The summed E-state index contributed by atoms with van der Waals surface area (Å²) in [4.78, 5) is 1.43. The van der Waals surface area contributed by atoms with Crippen molar-refractivity contribution in [1.29, 1.82) is 0 Å². The average molecular weight is 196 g/mol. The van der Waals surface area contributed by atoms with Gasteiger partial charge in [-0.1, -0.05) is 27.2 Å². The Bertz CT molecular complexity index is 280. The molecule has 0 saturated heterocycles. The Morgan fingerprint density at radius 3 is 2.71 bits per heavy atom. The summed E-state index contributed by atoms with van der Waals surface area (Å²) >= 11 is 0. The summed E-state index contributed by atoms with van der Waals surface area (Å²) in [5.41, 5.74) is 2.17. The second-order valence-corrected chi connectivity index (χ2v) is 3.78. The molecule has 4 nitrogen and oxygen atoms in total. The topological polar surface area (TPSA) is 56.7 Å². The molecule has 80 valence electrons. The van der Waals surface area contributed by atoms with Crippen LogP contribution in [0.2, 0.25) is 0 Å². The van der Waals surface area contributed by atoms with Gasteiger partial charge in [-0.2, -0.15) is 4.79 Å². The molecule has 0 aliphatic heterocycles. The molecule has 0 bridgehead atoms. The van der Waals surface area contributed by atoms with Crippen LogP contribution < -0.4 is 5.84 Å². The monoisotopic (exact) mass is 196 g/mol. The maximum Gasteiger partial charge on any atom is 0.0909 e. The first kappa shape index (κ1) is 11.0. The minimum atomic E-state index is 0.458. The molecule has 0 radical (unpaired) electrons. The maximum absolute atomic E-state index is 5.72. The third-order valence-corrected chi connectivity index (χ3v) is 2.67. The highest BCUT2D eigenvalue weighted by atomic mass is 15.6. The largest absolute Gasteiger partial charge is 0.322 e. The molecule has 1 unspecified atom stereocenters. The van der Waals surface area contributed by atoms with Crippen molar-refractivity contribution < 1.29 is 0 Å². The number of nitrogens with zero attached hydrogens (tertiary/aromatic N) is 3. The van der Waals surface area contributed by atoms with Gasteiger partial charge in [-0.25, -0.2) is 0 Å². The van der Waals surface area contributed by atoms with Gasteiger partial charge in [0.2, 0.25) is 0 Å². The molecule has 0 aliphatic rings. The number of aromatic nitrogens is 3. The molecule has 1 aromatic heterocycles. The molecule has 0 aliphatic carbocycles. The number of unbranched alkanes of at least 4 members (excludes halogenated alkanes) is 1. The molecule has 0 spiro atoms. The zero-order valence-electron chi connectivity index (χ0n) is 9.32. The SMILES string of the molecule is CCCCc1c(C(C)CC)nnn1N. The van der Waals surface area contributed by atoms with E-state index in [4.69, 9.17) is 5.84 Å². The van der Waals surface area contributed by atoms with Crippen molar-refractivity contribution in [3.63, 3.8) is 0 Å². The van der Waals surface area contributed by atoms with E-state index in [-0.39, 0.29) is 0 Å². The predicted octanol–water partition coefficient (Wildman–Crippen LogP) is 1.85. The summed E-state index contributed by atoms with van der Waals surface area (Å²) in [6.45, 7) is 6.50. The van der Waals surface area contributed by atoms with E-state index in [9.17, 15) is 0 Å². The second kappa shape index (κ2) is 4.98. The van der Waals surface area contributed by atoms with Crippen LogP contribution in [0, 0.1) is 0 Å². The normalized spacial score (nSPS) is 13.1. The Morgan fingerprint density at radius 2 is 2.14 bits per heavy atom. The second-order valence-electron chi connectivity index (χ2n) is 3.78. The minimum absolute atomic E-state index is 0.458. The molecule has 1 rings (SSSR count). The summed E-state index contributed by atoms with van der Waals surface area (Å²) in [7, 11) is 0.